The minimum atomic E-state index is -0.374. The molecule has 1 aromatic rings. The van der Waals surface area contributed by atoms with Crippen molar-refractivity contribution in [1.82, 2.24) is 4.98 Å². The summed E-state index contributed by atoms with van der Waals surface area (Å²) in [5, 5.41) is 2.53. The summed E-state index contributed by atoms with van der Waals surface area (Å²) in [6, 6.07) is 0. The molecule has 5 heteroatoms. The number of aromatic nitrogens is 1. The second-order valence-corrected chi connectivity index (χ2v) is 3.71. The molecule has 1 N–H and O–H groups in total. The van der Waals surface area contributed by atoms with Gasteiger partial charge in [-0.3, -0.25) is 4.79 Å². The molecule has 1 aliphatic carbocycles. The molecule has 0 radical (unpaired) electrons. The molecule has 0 spiro atoms. The molecule has 2 rings (SSSR count). The summed E-state index contributed by atoms with van der Waals surface area (Å²) in [4.78, 5) is 14.8. The number of carbonyl (C=O) groups excluding carboxylic acids is 1. The van der Waals surface area contributed by atoms with Crippen LogP contribution in [0.3, 0.4) is 0 Å². The first-order valence-corrected chi connectivity index (χ1v) is 4.49. The lowest BCUT2D eigenvalue weighted by atomic mass is 10.4. The lowest BCUT2D eigenvalue weighted by molar-refractivity contribution is -0.117. The lowest BCUT2D eigenvalue weighted by Crippen LogP contribution is -2.12. The molecular weight excluding hydrogens is 179 g/mol. The van der Waals surface area contributed by atoms with E-state index in [4.69, 9.17) is 0 Å². The molecular formula is C7H7FN2OS. The highest BCUT2D eigenvalue weighted by atomic mass is 32.1. The molecule has 12 heavy (non-hydrogen) atoms. The minimum Gasteiger partial charge on any atom is -0.302 e. The monoisotopic (exact) mass is 186 g/mol. The lowest BCUT2D eigenvalue weighted by Gasteiger charge is -1.96. The third-order valence-corrected chi connectivity index (χ3v) is 2.36. The van der Waals surface area contributed by atoms with Gasteiger partial charge in [-0.15, -0.1) is 0 Å². The van der Waals surface area contributed by atoms with E-state index in [0.717, 1.165) is 30.4 Å². The fourth-order valence-corrected chi connectivity index (χ4v) is 1.41. The SMILES string of the molecule is O=C(Nc1ncc(F)s1)C1CC1. The van der Waals surface area contributed by atoms with E-state index in [2.05, 4.69) is 10.3 Å². The molecule has 1 fully saturated rings. The second kappa shape index (κ2) is 2.82. The van der Waals surface area contributed by atoms with E-state index in [9.17, 15) is 9.18 Å². The van der Waals surface area contributed by atoms with Gasteiger partial charge in [0.15, 0.2) is 10.3 Å². The third kappa shape index (κ3) is 1.61. The van der Waals surface area contributed by atoms with Crippen molar-refractivity contribution in [3.05, 3.63) is 11.3 Å². The van der Waals surface area contributed by atoms with Gasteiger partial charge in [-0.1, -0.05) is 11.3 Å². The Kier molecular flexibility index (Phi) is 1.80. The van der Waals surface area contributed by atoms with Crippen LogP contribution in [0.4, 0.5) is 9.52 Å². The van der Waals surface area contributed by atoms with E-state index in [-0.39, 0.29) is 17.0 Å². The quantitative estimate of drug-likeness (QED) is 0.762. The summed E-state index contributed by atoms with van der Waals surface area (Å²) in [7, 11) is 0. The smallest absolute Gasteiger partial charge is 0.229 e. The summed E-state index contributed by atoms with van der Waals surface area (Å²) in [6.07, 6.45) is 2.99. The van der Waals surface area contributed by atoms with Crippen LogP contribution in [0.5, 0.6) is 0 Å². The fraction of sp³-hybridized carbons (Fsp3) is 0.429. The van der Waals surface area contributed by atoms with Crippen LogP contribution in [-0.4, -0.2) is 10.9 Å². The minimum absolute atomic E-state index is 0.0376. The third-order valence-electron chi connectivity index (χ3n) is 1.66. The zero-order valence-corrected chi connectivity index (χ0v) is 7.03. The first-order valence-electron chi connectivity index (χ1n) is 3.68. The zero-order chi connectivity index (χ0) is 8.55. The van der Waals surface area contributed by atoms with Crippen molar-refractivity contribution in [3.63, 3.8) is 0 Å². The summed E-state index contributed by atoms with van der Waals surface area (Å²) in [5.41, 5.74) is 0. The highest BCUT2D eigenvalue weighted by molar-refractivity contribution is 7.14. The molecule has 1 saturated carbocycles. The Labute approximate surface area is 72.6 Å². The summed E-state index contributed by atoms with van der Waals surface area (Å²) in [5.74, 6) is 0.0984. The molecule has 0 aliphatic heterocycles. The van der Waals surface area contributed by atoms with Crippen molar-refractivity contribution in [2.75, 3.05) is 5.32 Å². The van der Waals surface area contributed by atoms with Crippen LogP contribution in [0.25, 0.3) is 0 Å². The van der Waals surface area contributed by atoms with Crippen molar-refractivity contribution in [2.45, 2.75) is 12.8 Å². The average Bonchev–Trinajstić information content (AvgIpc) is 2.78. The van der Waals surface area contributed by atoms with Gasteiger partial charge in [-0.25, -0.2) is 4.98 Å². The standard InChI is InChI=1S/C7H7FN2OS/c8-5-3-9-7(12-5)10-6(11)4-1-2-4/h3-4H,1-2H2,(H,9,10,11). The molecule has 0 atom stereocenters. The van der Waals surface area contributed by atoms with Gasteiger partial charge < -0.3 is 5.32 Å². The van der Waals surface area contributed by atoms with Crippen molar-refractivity contribution >= 4 is 22.4 Å². The summed E-state index contributed by atoms with van der Waals surface area (Å²) < 4.78 is 12.4. The van der Waals surface area contributed by atoms with Gasteiger partial charge in [0, 0.05) is 5.92 Å². The van der Waals surface area contributed by atoms with E-state index < -0.39 is 0 Å². The normalized spacial score (nSPS) is 16.1. The summed E-state index contributed by atoms with van der Waals surface area (Å²) in [6.45, 7) is 0. The molecule has 0 bridgehead atoms. The number of carbonyl (C=O) groups is 1. The number of thiazole rings is 1. The predicted molar refractivity (Wildman–Crippen MR) is 43.4 cm³/mol. The Balaban J connectivity index is 1.98. The van der Waals surface area contributed by atoms with Crippen molar-refractivity contribution in [1.29, 1.82) is 0 Å². The van der Waals surface area contributed by atoms with E-state index in [0.29, 0.717) is 5.13 Å². The molecule has 64 valence electrons. The number of rotatable bonds is 2. The Bertz CT molecular complexity index is 308. The molecule has 0 unspecified atom stereocenters. The Hall–Kier alpha value is -0.970. The fourth-order valence-electron chi connectivity index (χ4n) is 0.865. The highest BCUT2D eigenvalue weighted by Crippen LogP contribution is 2.30. The molecule has 0 aromatic carbocycles. The maximum absolute atomic E-state index is 12.4. The molecule has 1 amide bonds. The zero-order valence-electron chi connectivity index (χ0n) is 6.21. The largest absolute Gasteiger partial charge is 0.302 e. The molecule has 1 aromatic heterocycles. The van der Waals surface area contributed by atoms with E-state index in [1.54, 1.807) is 0 Å². The van der Waals surface area contributed by atoms with Crippen LogP contribution < -0.4 is 5.32 Å². The van der Waals surface area contributed by atoms with Crippen LogP contribution in [0, 0.1) is 11.0 Å². The Morgan fingerprint density at radius 3 is 3.00 bits per heavy atom. The van der Waals surface area contributed by atoms with Gasteiger partial charge in [-0.05, 0) is 12.8 Å². The van der Waals surface area contributed by atoms with Crippen LogP contribution in [0.1, 0.15) is 12.8 Å². The Morgan fingerprint density at radius 2 is 2.50 bits per heavy atom. The van der Waals surface area contributed by atoms with Gasteiger partial charge in [0.1, 0.15) is 0 Å². The van der Waals surface area contributed by atoms with Gasteiger partial charge in [-0.2, -0.15) is 4.39 Å². The highest BCUT2D eigenvalue weighted by Gasteiger charge is 2.30. The van der Waals surface area contributed by atoms with Gasteiger partial charge in [0.05, 0.1) is 6.20 Å². The number of halogens is 1. The van der Waals surface area contributed by atoms with Crippen molar-refractivity contribution < 1.29 is 9.18 Å². The van der Waals surface area contributed by atoms with E-state index >= 15 is 0 Å². The van der Waals surface area contributed by atoms with Crippen molar-refractivity contribution in [2.24, 2.45) is 5.92 Å². The average molecular weight is 186 g/mol. The van der Waals surface area contributed by atoms with Crippen LogP contribution in [0.2, 0.25) is 0 Å². The topological polar surface area (TPSA) is 42.0 Å². The molecule has 3 nitrogen and oxygen atoms in total. The van der Waals surface area contributed by atoms with Crippen LogP contribution in [0.15, 0.2) is 6.20 Å². The van der Waals surface area contributed by atoms with E-state index in [1.165, 1.54) is 0 Å². The maximum atomic E-state index is 12.4. The maximum Gasteiger partial charge on any atom is 0.229 e. The Morgan fingerprint density at radius 1 is 1.75 bits per heavy atom. The first-order chi connectivity index (χ1) is 5.75. The van der Waals surface area contributed by atoms with Gasteiger partial charge in [0.25, 0.3) is 0 Å². The number of amides is 1. The first kappa shape index (κ1) is 7.67. The van der Waals surface area contributed by atoms with Crippen LogP contribution in [-0.2, 0) is 4.79 Å². The number of nitrogens with one attached hydrogen (secondary N) is 1. The van der Waals surface area contributed by atoms with Crippen LogP contribution >= 0.6 is 11.3 Å². The van der Waals surface area contributed by atoms with E-state index in [1.807, 2.05) is 0 Å². The number of nitrogens with zero attached hydrogens (tertiary/aromatic N) is 1. The predicted octanol–water partition coefficient (Wildman–Crippen LogP) is 1.63. The van der Waals surface area contributed by atoms with Gasteiger partial charge >= 0.3 is 0 Å². The number of hydrogen-bond donors (Lipinski definition) is 1. The second-order valence-electron chi connectivity index (χ2n) is 2.73. The number of hydrogen-bond acceptors (Lipinski definition) is 3. The van der Waals surface area contributed by atoms with Gasteiger partial charge in [0.2, 0.25) is 5.91 Å². The van der Waals surface area contributed by atoms with Crippen molar-refractivity contribution in [3.8, 4) is 0 Å². The molecule has 0 saturated heterocycles. The molecule has 1 heterocycles. The summed E-state index contributed by atoms with van der Waals surface area (Å²) >= 11 is 0.852. The molecule has 1 aliphatic rings. The number of anilines is 1.